The van der Waals surface area contributed by atoms with Crippen molar-refractivity contribution in [2.75, 3.05) is 114 Å². The Kier molecular flexibility index (Phi) is 37.5. The van der Waals surface area contributed by atoms with Crippen molar-refractivity contribution in [1.29, 1.82) is 0 Å². The first-order valence-corrected chi connectivity index (χ1v) is 40.9. The molecule has 0 fully saturated rings. The van der Waals surface area contributed by atoms with Crippen molar-refractivity contribution in [3.8, 4) is 0 Å². The second-order valence-corrected chi connectivity index (χ2v) is 32.2. The molecule has 0 N–H and O–H groups in total. The maximum absolute atomic E-state index is 7.25. The first-order valence-electron chi connectivity index (χ1n) is 37.5. The first-order chi connectivity index (χ1) is 56.5. The third-order valence-corrected chi connectivity index (χ3v) is 22.1. The minimum atomic E-state index is 0. The molecule has 6 aromatic heterocycles. The van der Waals surface area contributed by atoms with E-state index in [2.05, 4.69) is 149 Å². The molecule has 0 atom stereocenters. The van der Waals surface area contributed by atoms with E-state index in [1.165, 1.54) is 39.4 Å². The van der Waals surface area contributed by atoms with Gasteiger partial charge in [-0.3, -0.25) is 0 Å². The van der Waals surface area contributed by atoms with E-state index in [4.69, 9.17) is 6.57 Å². The number of nitrogens with zero attached hydrogens (tertiary/aromatic N) is 26. The largest absolute Gasteiger partial charge is 0.430 e. The van der Waals surface area contributed by atoms with E-state index in [1.807, 2.05) is 358 Å². The van der Waals surface area contributed by atoms with E-state index in [0.717, 1.165) is 122 Å². The number of pyridine rings is 2. The van der Waals surface area contributed by atoms with Crippen LogP contribution < -0.4 is 56.3 Å². The molecular formula is C91H116N26S4+6. The third-order valence-electron chi connectivity index (χ3n) is 18.2. The van der Waals surface area contributed by atoms with Gasteiger partial charge in [-0.1, -0.05) is 57.7 Å². The quantitative estimate of drug-likeness (QED) is 0.0461. The normalized spacial score (nSPS) is 10.8. The fourth-order valence-corrected chi connectivity index (χ4v) is 13.8. The molecule has 121 heavy (non-hydrogen) atoms. The molecule has 628 valence electrons. The van der Waals surface area contributed by atoms with E-state index in [1.54, 1.807) is 27.6 Å². The monoisotopic (exact) mass is 1700 g/mol. The fraction of sp³-hybridized carbons (Fsp3) is 0.275. The summed E-state index contributed by atoms with van der Waals surface area (Å²) in [6.45, 7) is 15.3. The summed E-state index contributed by atoms with van der Waals surface area (Å²) < 4.78 is 11.9. The van der Waals surface area contributed by atoms with Crippen LogP contribution in [0.1, 0.15) is 44.4 Å². The Hall–Kier alpha value is -13.1. The van der Waals surface area contributed by atoms with Crippen LogP contribution in [0.5, 0.6) is 0 Å². The molecule has 26 nitrogen and oxygen atoms in total. The van der Waals surface area contributed by atoms with Gasteiger partial charge in [-0.25, -0.2) is 23.1 Å². The Bertz CT molecular complexity index is 5770. The van der Waals surface area contributed by atoms with Gasteiger partial charge in [0.1, 0.15) is 64.4 Å². The van der Waals surface area contributed by atoms with Gasteiger partial charge in [-0.2, -0.15) is 5.11 Å². The molecule has 0 amide bonds. The predicted octanol–water partition coefficient (Wildman–Crippen LogP) is 23.6. The zero-order valence-electron chi connectivity index (χ0n) is 71.2. The number of hydrogen-bond donors (Lipinski definition) is 0. The fourth-order valence-electron chi connectivity index (χ4n) is 10.7. The molecule has 14 rings (SSSR count). The number of azo groups is 6. The molecule has 30 heteroatoms. The average Bonchev–Trinajstić information content (AvgIpc) is 1.62. The lowest BCUT2D eigenvalue weighted by molar-refractivity contribution is -0.714. The minimum absolute atomic E-state index is 0. The number of aromatic nitrogens is 7. The van der Waals surface area contributed by atoms with Gasteiger partial charge in [-0.05, 0) is 233 Å². The zero-order chi connectivity index (χ0) is 85.1. The lowest BCUT2D eigenvalue weighted by Crippen LogP contribution is -2.29. The second kappa shape index (κ2) is 46.9. The van der Waals surface area contributed by atoms with Crippen LogP contribution in [-0.2, 0) is 42.3 Å². The molecule has 0 spiro atoms. The van der Waals surface area contributed by atoms with E-state index in [0.29, 0.717) is 11.4 Å². The lowest BCUT2D eigenvalue weighted by Gasteiger charge is -2.12. The Labute approximate surface area is 730 Å². The highest BCUT2D eigenvalue weighted by Gasteiger charge is 2.18. The molecule has 0 aliphatic heterocycles. The van der Waals surface area contributed by atoms with Crippen molar-refractivity contribution < 1.29 is 26.9 Å². The summed E-state index contributed by atoms with van der Waals surface area (Å²) in [4.78, 5) is 15.8. The van der Waals surface area contributed by atoms with Crippen molar-refractivity contribution >= 4 is 173 Å². The molecule has 0 radical (unpaired) electrons. The molecule has 6 heterocycles. The van der Waals surface area contributed by atoms with Crippen LogP contribution in [-0.4, -0.2) is 89.7 Å². The maximum Gasteiger partial charge on any atom is 0.430 e. The summed E-state index contributed by atoms with van der Waals surface area (Å²) >= 11 is 6.25. The van der Waals surface area contributed by atoms with Crippen LogP contribution in [0.15, 0.2) is 291 Å². The SMILES string of the molecule is C.C.C.CN(C)c1ccc(N=Nc2cc[n+](C)c3ccccc23)cc1.CN(C)c1ccc(N=Nc2ccc3ccccc3[n+]2C)cc1.Cc1cc(N=Nc2ccc(N(C)C)cc2)s[n+]1C.Cc1csc(N=Nc2ccc(N(C)C)cc2)[n+]1C.Cc1n[n+](C)c(N=Nc2ccc(N(C)C)cc2)s1.[C-]#[N+]c1cc(N(C)C)ccc1N=Nc1scc(C)[n+]1C. The minimum Gasteiger partial charge on any atom is -0.379 e. The van der Waals surface area contributed by atoms with Crippen molar-refractivity contribution in [1.82, 2.24) is 5.10 Å². The Morgan fingerprint density at radius 2 is 0.744 bits per heavy atom. The highest BCUT2D eigenvalue weighted by Crippen LogP contribution is 2.35. The smallest absolute Gasteiger partial charge is 0.379 e. The highest BCUT2D eigenvalue weighted by atomic mass is 32.1. The number of hydrogen-bond acceptors (Lipinski definition) is 23. The molecule has 0 aliphatic carbocycles. The number of thiazole rings is 2. The molecule has 0 unspecified atom stereocenters. The van der Waals surface area contributed by atoms with Gasteiger partial charge in [-0.15, -0.1) is 24.0 Å². The molecule has 0 bridgehead atoms. The van der Waals surface area contributed by atoms with Gasteiger partial charge in [0.2, 0.25) is 16.2 Å². The summed E-state index contributed by atoms with van der Waals surface area (Å²) in [5.74, 6) is 0.829. The van der Waals surface area contributed by atoms with E-state index >= 15 is 0 Å². The van der Waals surface area contributed by atoms with Gasteiger partial charge >= 0.3 is 21.2 Å². The molecule has 0 aliphatic rings. The lowest BCUT2D eigenvalue weighted by atomic mass is 10.2. The van der Waals surface area contributed by atoms with E-state index < -0.39 is 0 Å². The molecule has 0 saturated carbocycles. The first kappa shape index (κ1) is 96.8. The van der Waals surface area contributed by atoms with Crippen LogP contribution in [0.3, 0.4) is 0 Å². The zero-order valence-corrected chi connectivity index (χ0v) is 74.5. The highest BCUT2D eigenvalue weighted by molar-refractivity contribution is 7.14. The third kappa shape index (κ3) is 28.3. The summed E-state index contributed by atoms with van der Waals surface area (Å²) in [5, 5.41) is 66.4. The summed E-state index contributed by atoms with van der Waals surface area (Å²) in [5.41, 5.74) is 18.8. The number of fused-ring (bicyclic) bond motifs is 2. The number of anilines is 6. The molecule has 0 saturated heterocycles. The predicted molar refractivity (Wildman–Crippen MR) is 505 cm³/mol. The van der Waals surface area contributed by atoms with Crippen molar-refractivity contribution in [3.63, 3.8) is 0 Å². The van der Waals surface area contributed by atoms with Gasteiger partial charge < -0.3 is 29.4 Å². The number of benzene rings is 8. The Balaban J connectivity index is 0.000000224. The number of para-hydroxylation sites is 2. The molecule has 8 aromatic carbocycles. The average molecular weight is 1700 g/mol. The van der Waals surface area contributed by atoms with Crippen LogP contribution in [0.4, 0.5) is 106 Å². The molecule has 14 aromatic rings. The second-order valence-electron chi connectivity index (χ2n) is 28.2. The van der Waals surface area contributed by atoms with Gasteiger partial charge in [0.05, 0.1) is 64.9 Å². The summed E-state index contributed by atoms with van der Waals surface area (Å²) in [7, 11) is 35.9. The van der Waals surface area contributed by atoms with Gasteiger partial charge in [0.15, 0.2) is 30.5 Å². The van der Waals surface area contributed by atoms with E-state index in [9.17, 15) is 0 Å². The number of rotatable bonds is 18. The van der Waals surface area contributed by atoms with Crippen molar-refractivity contribution in [2.24, 2.45) is 104 Å². The van der Waals surface area contributed by atoms with Gasteiger partial charge in [0.25, 0.3) is 0 Å². The van der Waals surface area contributed by atoms with Crippen LogP contribution in [0.2, 0.25) is 0 Å². The Morgan fingerprint density at radius 3 is 1.15 bits per heavy atom. The van der Waals surface area contributed by atoms with Crippen LogP contribution in [0, 0.1) is 34.3 Å². The topological polar surface area (TPSA) is 208 Å². The maximum atomic E-state index is 7.25. The van der Waals surface area contributed by atoms with Crippen LogP contribution in [0.25, 0.3) is 26.7 Å². The standard InChI is InChI=1S/2C18H19N4.C14H16N5S.2C13H17N4S.C12H16N5S.3CH4/c1-21(2)16-11-9-15(10-12-16)19-20-18-13-8-14-6-4-5-7-17(14)22(18)3;1-21(2)15-10-8-14(9-11-15)19-20-17-12-13-22(3)18-7-5-4-6-16(17)18;1-10-9-20-14(19(10)5)17-16-12-7-6-11(18(3)4)8-13(12)15-2;1-10-9-18-13(17(10)4)15-14-11-5-7-12(8-6-11)16(2)3;1-10-9-13(18-17(10)4)15-14-11-5-7-12(8-6-11)16(2)3;1-9-15-17(4)12(18-9)14-13-10-5-7-11(8-6-10)16(2)3;;;/h2*4-13H,1-3H3;6-9H,1,3-5H3;2*5-9H,1-4H3;5-8H,1-4H3;3*1H4/q6*+1;;;. The number of aryl methyl sites for hydroxylation is 8. The molecular weight excluding hydrogens is 1590 g/mol. The van der Waals surface area contributed by atoms with E-state index in [-0.39, 0.29) is 22.3 Å². The van der Waals surface area contributed by atoms with Crippen LogP contribution >= 0.6 is 45.5 Å². The van der Waals surface area contributed by atoms with Crippen molar-refractivity contribution in [2.45, 2.75) is 50.0 Å². The summed E-state index contributed by atoms with van der Waals surface area (Å²) in [6, 6.07) is 70.1. The Morgan fingerprint density at radius 1 is 0.355 bits per heavy atom. The van der Waals surface area contributed by atoms with Gasteiger partial charge in [0, 0.05) is 166 Å². The summed E-state index contributed by atoms with van der Waals surface area (Å²) in [6.07, 6.45) is 2.01. The van der Waals surface area contributed by atoms with Crippen molar-refractivity contribution in [3.05, 3.63) is 263 Å².